The van der Waals surface area contributed by atoms with Gasteiger partial charge in [-0.05, 0) is 57.2 Å². The van der Waals surface area contributed by atoms with Crippen LogP contribution in [0.1, 0.15) is 55.3 Å². The fourth-order valence-corrected chi connectivity index (χ4v) is 5.41. The number of hydrogen-bond acceptors (Lipinski definition) is 7. The van der Waals surface area contributed by atoms with Gasteiger partial charge in [-0.2, -0.15) is 0 Å². The number of ether oxygens (including phenoxy) is 1. The molecule has 26 heavy (non-hydrogen) atoms. The average Bonchev–Trinajstić information content (AvgIpc) is 3.12. The molecule has 140 valence electrons. The molecule has 0 bridgehead atoms. The van der Waals surface area contributed by atoms with Gasteiger partial charge in [-0.3, -0.25) is 4.79 Å². The first-order valence-electron chi connectivity index (χ1n) is 9.34. The zero-order valence-corrected chi connectivity index (χ0v) is 16.9. The summed E-state index contributed by atoms with van der Waals surface area (Å²) >= 11 is 3.13. The second-order valence-electron chi connectivity index (χ2n) is 7.35. The number of rotatable bonds is 7. The van der Waals surface area contributed by atoms with Gasteiger partial charge in [-0.25, -0.2) is 0 Å². The molecule has 7 heteroatoms. The Labute approximate surface area is 162 Å². The monoisotopic (exact) mass is 391 g/mol. The predicted octanol–water partition coefficient (Wildman–Crippen LogP) is 3.51. The number of carbonyl (C=O) groups excluding carboxylic acids is 1. The maximum atomic E-state index is 12.6. The van der Waals surface area contributed by atoms with Crippen LogP contribution in [0.3, 0.4) is 0 Å². The highest BCUT2D eigenvalue weighted by Crippen LogP contribution is 2.45. The van der Waals surface area contributed by atoms with Crippen LogP contribution in [0.5, 0.6) is 0 Å². The van der Waals surface area contributed by atoms with E-state index in [-0.39, 0.29) is 5.78 Å². The number of nitrogens with zero attached hydrogens (tertiary/aromatic N) is 2. The van der Waals surface area contributed by atoms with Gasteiger partial charge in [0.1, 0.15) is 10.0 Å². The number of aromatic nitrogens is 2. The second-order valence-corrected chi connectivity index (χ2v) is 9.87. The molecule has 2 aromatic heterocycles. The summed E-state index contributed by atoms with van der Waals surface area (Å²) in [6.45, 7) is 6.96. The van der Waals surface area contributed by atoms with Gasteiger partial charge >= 0.3 is 0 Å². The number of ketones is 1. The van der Waals surface area contributed by atoms with Gasteiger partial charge in [0, 0.05) is 30.1 Å². The third kappa shape index (κ3) is 4.22. The van der Waals surface area contributed by atoms with Crippen molar-refractivity contribution in [2.24, 2.45) is 5.92 Å². The van der Waals surface area contributed by atoms with E-state index in [0.717, 1.165) is 40.6 Å². The van der Waals surface area contributed by atoms with Gasteiger partial charge in [0.15, 0.2) is 5.78 Å². The number of carbonyl (C=O) groups is 1. The van der Waals surface area contributed by atoms with Crippen LogP contribution in [-0.4, -0.2) is 41.8 Å². The molecule has 0 unspecified atom stereocenters. The summed E-state index contributed by atoms with van der Waals surface area (Å²) in [5.41, 5.74) is 1.36. The van der Waals surface area contributed by atoms with E-state index < -0.39 is 0 Å². The highest BCUT2D eigenvalue weighted by molar-refractivity contribution is 7.14. The molecular weight excluding hydrogens is 366 g/mol. The Balaban J connectivity index is 1.33. The third-order valence-electron chi connectivity index (χ3n) is 5.31. The van der Waals surface area contributed by atoms with Crippen LogP contribution < -0.4 is 5.32 Å². The summed E-state index contributed by atoms with van der Waals surface area (Å²) in [5, 5.41) is 13.5. The molecule has 1 saturated carbocycles. The number of aryl methyl sites for hydroxylation is 2. The molecule has 0 radical (unpaired) electrons. The van der Waals surface area contributed by atoms with E-state index in [0.29, 0.717) is 18.4 Å². The van der Waals surface area contributed by atoms with Crippen molar-refractivity contribution in [1.29, 1.82) is 0 Å². The van der Waals surface area contributed by atoms with Crippen LogP contribution in [0.4, 0.5) is 0 Å². The molecule has 2 aromatic rings. The van der Waals surface area contributed by atoms with Crippen LogP contribution in [-0.2, 0) is 11.2 Å². The van der Waals surface area contributed by atoms with Crippen molar-refractivity contribution in [2.75, 3.05) is 19.8 Å². The van der Waals surface area contributed by atoms with Crippen molar-refractivity contribution in [2.45, 2.75) is 51.5 Å². The Morgan fingerprint density at radius 2 is 2.08 bits per heavy atom. The highest BCUT2D eigenvalue weighted by Gasteiger charge is 2.40. The van der Waals surface area contributed by atoms with Crippen LogP contribution in [0, 0.1) is 19.8 Å². The third-order valence-corrected chi connectivity index (χ3v) is 7.26. The van der Waals surface area contributed by atoms with E-state index in [2.05, 4.69) is 28.5 Å². The first kappa shape index (κ1) is 18.2. The maximum Gasteiger partial charge on any atom is 0.179 e. The molecule has 1 aliphatic heterocycles. The molecular formula is C19H25N3O2S2. The fourth-order valence-electron chi connectivity index (χ4n) is 3.67. The molecule has 2 aliphatic rings. The lowest BCUT2D eigenvalue weighted by atomic mass is 10.0. The van der Waals surface area contributed by atoms with Crippen molar-refractivity contribution >= 4 is 28.5 Å². The summed E-state index contributed by atoms with van der Waals surface area (Å²) in [4.78, 5) is 14.7. The van der Waals surface area contributed by atoms with Gasteiger partial charge in [-0.15, -0.1) is 32.9 Å². The van der Waals surface area contributed by atoms with Gasteiger partial charge in [0.25, 0.3) is 0 Å². The molecule has 0 spiro atoms. The number of nitrogens with one attached hydrogen (secondary N) is 1. The highest BCUT2D eigenvalue weighted by atomic mass is 32.1. The molecule has 5 nitrogen and oxygen atoms in total. The van der Waals surface area contributed by atoms with Crippen LogP contribution in [0.15, 0.2) is 6.07 Å². The number of thiophene rings is 1. The lowest BCUT2D eigenvalue weighted by molar-refractivity contribution is 0.0662. The largest absolute Gasteiger partial charge is 0.381 e. The summed E-state index contributed by atoms with van der Waals surface area (Å²) in [6.07, 6.45) is 3.89. The van der Waals surface area contributed by atoms with E-state index in [1.807, 2.05) is 6.92 Å². The molecule has 0 aromatic carbocycles. The Bertz CT molecular complexity index is 780. The lowest BCUT2D eigenvalue weighted by Crippen LogP contribution is -2.29. The van der Waals surface area contributed by atoms with Gasteiger partial charge in [0.2, 0.25) is 0 Å². The van der Waals surface area contributed by atoms with E-state index in [1.54, 1.807) is 11.3 Å². The smallest absolute Gasteiger partial charge is 0.179 e. The SMILES string of the molecule is Cc1nnc(CC(=O)c2cc([C@H]3C[C@@H]3NCC3CCOCC3)c(C)s2)s1. The first-order chi connectivity index (χ1) is 12.6. The Hall–Kier alpha value is -1.15. The lowest BCUT2D eigenvalue weighted by Gasteiger charge is -2.22. The van der Waals surface area contributed by atoms with E-state index in [9.17, 15) is 4.79 Å². The minimum atomic E-state index is 0.160. The second kappa shape index (κ2) is 7.84. The molecule has 0 amide bonds. The minimum Gasteiger partial charge on any atom is -0.381 e. The van der Waals surface area contributed by atoms with Crippen molar-refractivity contribution < 1.29 is 9.53 Å². The summed E-state index contributed by atoms with van der Waals surface area (Å²) < 4.78 is 5.43. The topological polar surface area (TPSA) is 64.1 Å². The van der Waals surface area contributed by atoms with Crippen molar-refractivity contribution in [3.05, 3.63) is 31.4 Å². The normalized spacial score (nSPS) is 23.3. The summed E-state index contributed by atoms with van der Waals surface area (Å²) in [7, 11) is 0. The van der Waals surface area contributed by atoms with Crippen molar-refractivity contribution in [3.63, 3.8) is 0 Å². The molecule has 2 fully saturated rings. The van der Waals surface area contributed by atoms with Gasteiger partial charge < -0.3 is 10.1 Å². The van der Waals surface area contributed by atoms with Crippen LogP contribution in [0.2, 0.25) is 0 Å². The molecule has 1 N–H and O–H groups in total. The van der Waals surface area contributed by atoms with E-state index in [4.69, 9.17) is 4.74 Å². The molecule has 2 atom stereocenters. The van der Waals surface area contributed by atoms with E-state index >= 15 is 0 Å². The number of hydrogen-bond donors (Lipinski definition) is 1. The molecule has 1 aliphatic carbocycles. The molecule has 3 heterocycles. The van der Waals surface area contributed by atoms with Crippen LogP contribution >= 0.6 is 22.7 Å². The zero-order chi connectivity index (χ0) is 18.1. The Kier molecular flexibility index (Phi) is 5.50. The average molecular weight is 392 g/mol. The maximum absolute atomic E-state index is 12.6. The van der Waals surface area contributed by atoms with Crippen molar-refractivity contribution in [1.82, 2.24) is 15.5 Å². The standard InChI is InChI=1S/C19H25N3O2S2/c1-11-14(15-7-16(15)20-10-13-3-5-24-6-4-13)8-18(25-11)17(23)9-19-22-21-12(2)26-19/h8,13,15-16,20H,3-7,9-10H2,1-2H3/t15-,16+/m1/s1. The molecule has 1 saturated heterocycles. The van der Waals surface area contributed by atoms with Crippen LogP contribution in [0.25, 0.3) is 0 Å². The minimum absolute atomic E-state index is 0.160. The summed E-state index contributed by atoms with van der Waals surface area (Å²) in [6, 6.07) is 2.69. The van der Waals surface area contributed by atoms with Gasteiger partial charge in [-0.1, -0.05) is 0 Å². The van der Waals surface area contributed by atoms with Crippen molar-refractivity contribution in [3.8, 4) is 0 Å². The Morgan fingerprint density at radius 3 is 2.81 bits per heavy atom. The zero-order valence-electron chi connectivity index (χ0n) is 15.3. The fraction of sp³-hybridized carbons (Fsp3) is 0.632. The quantitative estimate of drug-likeness (QED) is 0.732. The number of Topliss-reactive ketones (excluding diaryl/α,β-unsaturated/α-hetero) is 1. The Morgan fingerprint density at radius 1 is 1.27 bits per heavy atom. The molecule has 4 rings (SSSR count). The summed E-state index contributed by atoms with van der Waals surface area (Å²) in [5.74, 6) is 1.48. The first-order valence-corrected chi connectivity index (χ1v) is 11.0. The van der Waals surface area contributed by atoms with E-state index in [1.165, 1.54) is 41.0 Å². The predicted molar refractivity (Wildman–Crippen MR) is 104 cm³/mol. The van der Waals surface area contributed by atoms with Gasteiger partial charge in [0.05, 0.1) is 11.3 Å².